The van der Waals surface area contributed by atoms with Crippen molar-refractivity contribution < 1.29 is 0 Å². The molecule has 0 amide bonds. The summed E-state index contributed by atoms with van der Waals surface area (Å²) in [5.41, 5.74) is 10.3. The van der Waals surface area contributed by atoms with Gasteiger partial charge in [0.25, 0.3) is 0 Å². The average Bonchev–Trinajstić information content (AvgIpc) is 2.65. The van der Waals surface area contributed by atoms with E-state index in [4.69, 9.17) is 5.73 Å². The number of H-pyrrole nitrogens is 1. The third kappa shape index (κ3) is 1.20. The largest absolute Gasteiger partial charge is 0.399 e. The third-order valence-corrected chi connectivity index (χ3v) is 3.13. The van der Waals surface area contributed by atoms with E-state index in [0.29, 0.717) is 0 Å². The van der Waals surface area contributed by atoms with E-state index in [2.05, 4.69) is 36.2 Å². The molecule has 0 aliphatic rings. The maximum atomic E-state index is 5.80. The normalized spacial score (nSPS) is 11.3. The van der Waals surface area contributed by atoms with Gasteiger partial charge in [-0.3, -0.25) is 0 Å². The lowest BCUT2D eigenvalue weighted by molar-refractivity contribution is 1.15. The number of aromatic nitrogens is 1. The first-order valence-corrected chi connectivity index (χ1v) is 5.58. The SMILES string of the molecule is CCc1cccc2c1[nH]c1cc(N)ccc12. The van der Waals surface area contributed by atoms with Crippen LogP contribution in [0, 0.1) is 0 Å². The number of anilines is 1. The standard InChI is InChI=1S/C14H14N2/c1-2-9-4-3-5-12-11-7-6-10(15)8-13(11)16-14(9)12/h3-8,16H,2,15H2,1H3. The Balaban J connectivity index is 2.49. The van der Waals surface area contributed by atoms with Crippen molar-refractivity contribution in [2.45, 2.75) is 13.3 Å². The molecule has 80 valence electrons. The first-order valence-electron chi connectivity index (χ1n) is 5.58. The van der Waals surface area contributed by atoms with Gasteiger partial charge in [0, 0.05) is 27.5 Å². The predicted octanol–water partition coefficient (Wildman–Crippen LogP) is 3.47. The van der Waals surface area contributed by atoms with Crippen LogP contribution < -0.4 is 5.73 Å². The molecule has 0 aliphatic carbocycles. The summed E-state index contributed by atoms with van der Waals surface area (Å²) in [6.45, 7) is 2.18. The van der Waals surface area contributed by atoms with E-state index >= 15 is 0 Å². The van der Waals surface area contributed by atoms with E-state index in [9.17, 15) is 0 Å². The monoisotopic (exact) mass is 210 g/mol. The van der Waals surface area contributed by atoms with Crippen molar-refractivity contribution in [3.8, 4) is 0 Å². The molecule has 2 nitrogen and oxygen atoms in total. The van der Waals surface area contributed by atoms with Crippen LogP contribution in [0.2, 0.25) is 0 Å². The van der Waals surface area contributed by atoms with Crippen molar-refractivity contribution >= 4 is 27.5 Å². The van der Waals surface area contributed by atoms with Crippen molar-refractivity contribution in [3.05, 3.63) is 42.0 Å². The Kier molecular flexibility index (Phi) is 1.90. The molecule has 1 aromatic heterocycles. The topological polar surface area (TPSA) is 41.8 Å². The fourth-order valence-corrected chi connectivity index (χ4v) is 2.30. The maximum Gasteiger partial charge on any atom is 0.0497 e. The second-order valence-electron chi connectivity index (χ2n) is 4.12. The van der Waals surface area contributed by atoms with Crippen LogP contribution in [-0.4, -0.2) is 4.98 Å². The summed E-state index contributed by atoms with van der Waals surface area (Å²) in [4.78, 5) is 3.46. The van der Waals surface area contributed by atoms with E-state index in [-0.39, 0.29) is 0 Å². The zero-order valence-corrected chi connectivity index (χ0v) is 9.25. The summed E-state index contributed by atoms with van der Waals surface area (Å²) >= 11 is 0. The zero-order valence-electron chi connectivity index (χ0n) is 9.25. The van der Waals surface area contributed by atoms with Gasteiger partial charge in [0.15, 0.2) is 0 Å². The molecule has 0 radical (unpaired) electrons. The highest BCUT2D eigenvalue weighted by Gasteiger charge is 2.06. The van der Waals surface area contributed by atoms with Gasteiger partial charge in [-0.25, -0.2) is 0 Å². The Morgan fingerprint density at radius 3 is 2.81 bits per heavy atom. The number of aryl methyl sites for hydroxylation is 1. The second kappa shape index (κ2) is 3.27. The van der Waals surface area contributed by atoms with Gasteiger partial charge in [-0.15, -0.1) is 0 Å². The number of aromatic amines is 1. The van der Waals surface area contributed by atoms with Gasteiger partial charge >= 0.3 is 0 Å². The fourth-order valence-electron chi connectivity index (χ4n) is 2.30. The number of hydrogen-bond donors (Lipinski definition) is 2. The van der Waals surface area contributed by atoms with E-state index < -0.39 is 0 Å². The minimum Gasteiger partial charge on any atom is -0.399 e. The Labute approximate surface area is 94.1 Å². The number of nitrogens with one attached hydrogen (secondary N) is 1. The van der Waals surface area contributed by atoms with Gasteiger partial charge < -0.3 is 10.7 Å². The van der Waals surface area contributed by atoms with Crippen molar-refractivity contribution in [1.29, 1.82) is 0 Å². The number of hydrogen-bond acceptors (Lipinski definition) is 1. The molecule has 0 saturated heterocycles. The number of benzene rings is 2. The average molecular weight is 210 g/mol. The van der Waals surface area contributed by atoms with Crippen LogP contribution in [-0.2, 0) is 6.42 Å². The minimum absolute atomic E-state index is 0.803. The number of nitrogens with two attached hydrogens (primary N) is 1. The van der Waals surface area contributed by atoms with Gasteiger partial charge in [-0.1, -0.05) is 31.2 Å². The Hall–Kier alpha value is -1.96. The quantitative estimate of drug-likeness (QED) is 0.593. The summed E-state index contributed by atoms with van der Waals surface area (Å²) < 4.78 is 0. The van der Waals surface area contributed by atoms with Crippen LogP contribution in [0.5, 0.6) is 0 Å². The van der Waals surface area contributed by atoms with E-state index in [1.54, 1.807) is 0 Å². The van der Waals surface area contributed by atoms with Gasteiger partial charge in [0.05, 0.1) is 0 Å². The molecule has 0 fully saturated rings. The first-order chi connectivity index (χ1) is 7.79. The van der Waals surface area contributed by atoms with Gasteiger partial charge in [-0.2, -0.15) is 0 Å². The smallest absolute Gasteiger partial charge is 0.0497 e. The van der Waals surface area contributed by atoms with E-state index in [1.165, 1.54) is 21.9 Å². The number of para-hydroxylation sites is 1. The van der Waals surface area contributed by atoms with Crippen LogP contribution in [0.25, 0.3) is 21.8 Å². The highest BCUT2D eigenvalue weighted by molar-refractivity contribution is 6.08. The molecule has 0 unspecified atom stereocenters. The predicted molar refractivity (Wildman–Crippen MR) is 69.6 cm³/mol. The van der Waals surface area contributed by atoms with Crippen molar-refractivity contribution in [2.75, 3.05) is 5.73 Å². The highest BCUT2D eigenvalue weighted by atomic mass is 14.7. The minimum atomic E-state index is 0.803. The molecule has 0 spiro atoms. The molecule has 16 heavy (non-hydrogen) atoms. The van der Waals surface area contributed by atoms with Gasteiger partial charge in [0.1, 0.15) is 0 Å². The molecule has 0 aliphatic heterocycles. The molecule has 0 atom stereocenters. The molecule has 3 N–H and O–H groups in total. The Morgan fingerprint density at radius 1 is 1.12 bits per heavy atom. The fraction of sp³-hybridized carbons (Fsp3) is 0.143. The lowest BCUT2D eigenvalue weighted by Crippen LogP contribution is -1.82. The molecule has 1 heterocycles. The van der Waals surface area contributed by atoms with E-state index in [0.717, 1.165) is 17.6 Å². The lowest BCUT2D eigenvalue weighted by Gasteiger charge is -1.97. The molecule has 0 saturated carbocycles. The molecular formula is C14H14N2. The summed E-state index contributed by atoms with van der Waals surface area (Å²) in [6, 6.07) is 12.5. The molecule has 2 heteroatoms. The first kappa shape index (κ1) is 9.28. The van der Waals surface area contributed by atoms with Crippen molar-refractivity contribution in [1.82, 2.24) is 4.98 Å². The maximum absolute atomic E-state index is 5.80. The number of rotatable bonds is 1. The number of fused-ring (bicyclic) bond motifs is 3. The van der Waals surface area contributed by atoms with Crippen LogP contribution in [0.1, 0.15) is 12.5 Å². The summed E-state index contributed by atoms with van der Waals surface area (Å²) in [7, 11) is 0. The summed E-state index contributed by atoms with van der Waals surface area (Å²) in [5.74, 6) is 0. The van der Waals surface area contributed by atoms with Crippen LogP contribution in [0.4, 0.5) is 5.69 Å². The van der Waals surface area contributed by atoms with Crippen molar-refractivity contribution in [2.24, 2.45) is 0 Å². The van der Waals surface area contributed by atoms with Crippen molar-refractivity contribution in [3.63, 3.8) is 0 Å². The lowest BCUT2D eigenvalue weighted by atomic mass is 10.1. The zero-order chi connectivity index (χ0) is 11.1. The molecule has 0 bridgehead atoms. The third-order valence-electron chi connectivity index (χ3n) is 3.13. The van der Waals surface area contributed by atoms with Gasteiger partial charge in [0.2, 0.25) is 0 Å². The van der Waals surface area contributed by atoms with E-state index in [1.807, 2.05) is 12.1 Å². The summed E-state index contributed by atoms with van der Waals surface area (Å²) in [6.07, 6.45) is 1.04. The van der Waals surface area contributed by atoms with Crippen LogP contribution >= 0.6 is 0 Å². The van der Waals surface area contributed by atoms with Crippen LogP contribution in [0.3, 0.4) is 0 Å². The highest BCUT2D eigenvalue weighted by Crippen LogP contribution is 2.28. The Morgan fingerprint density at radius 2 is 2.00 bits per heavy atom. The molecule has 2 aromatic carbocycles. The Bertz CT molecular complexity index is 665. The number of nitrogen functional groups attached to an aromatic ring is 1. The summed E-state index contributed by atoms with van der Waals surface area (Å²) in [5, 5.41) is 2.54. The molecule has 3 rings (SSSR count). The second-order valence-corrected chi connectivity index (χ2v) is 4.12. The molecular weight excluding hydrogens is 196 g/mol. The van der Waals surface area contributed by atoms with Crippen LogP contribution in [0.15, 0.2) is 36.4 Å². The van der Waals surface area contributed by atoms with Gasteiger partial charge in [-0.05, 0) is 24.1 Å². The molecule has 3 aromatic rings.